The molecule has 22 heavy (non-hydrogen) atoms. The summed E-state index contributed by atoms with van der Waals surface area (Å²) in [5.41, 5.74) is 1.52. The number of anilines is 1. The quantitative estimate of drug-likeness (QED) is 0.924. The van der Waals surface area contributed by atoms with Crippen LogP contribution in [0.5, 0.6) is 0 Å². The second-order valence-corrected chi connectivity index (χ2v) is 5.77. The van der Waals surface area contributed by atoms with Gasteiger partial charge in [0.2, 0.25) is 5.56 Å². The Kier molecular flexibility index (Phi) is 4.18. The van der Waals surface area contributed by atoms with Gasteiger partial charge in [-0.3, -0.25) is 4.79 Å². The van der Waals surface area contributed by atoms with Gasteiger partial charge in [0.25, 0.3) is 0 Å². The zero-order valence-electron chi connectivity index (χ0n) is 12.1. The Morgan fingerprint density at radius 1 is 1.36 bits per heavy atom. The average Bonchev–Trinajstić information content (AvgIpc) is 2.49. The van der Waals surface area contributed by atoms with E-state index < -0.39 is 5.82 Å². The van der Waals surface area contributed by atoms with Crippen LogP contribution in [0.4, 0.5) is 10.1 Å². The summed E-state index contributed by atoms with van der Waals surface area (Å²) in [6, 6.07) is 7.63. The van der Waals surface area contributed by atoms with E-state index in [0.717, 1.165) is 5.69 Å². The van der Waals surface area contributed by atoms with E-state index in [0.29, 0.717) is 36.0 Å². The number of rotatable bonds is 2. The third-order valence-electron chi connectivity index (χ3n) is 3.75. The summed E-state index contributed by atoms with van der Waals surface area (Å²) >= 11 is 6.13. The SMILES string of the molecule is C[C@@H]1COCCN1c1cc(-c2cc(F)ccc2Cl)[nH]c(=O)c1. The second-order valence-electron chi connectivity index (χ2n) is 5.36. The van der Waals surface area contributed by atoms with E-state index >= 15 is 0 Å². The van der Waals surface area contributed by atoms with Crippen molar-refractivity contribution in [2.45, 2.75) is 13.0 Å². The average molecular weight is 323 g/mol. The van der Waals surface area contributed by atoms with Crippen molar-refractivity contribution in [1.82, 2.24) is 4.98 Å². The normalized spacial score (nSPS) is 18.5. The van der Waals surface area contributed by atoms with Crippen LogP contribution in [0.3, 0.4) is 0 Å². The summed E-state index contributed by atoms with van der Waals surface area (Å²) in [7, 11) is 0. The zero-order chi connectivity index (χ0) is 15.7. The molecule has 0 amide bonds. The van der Waals surface area contributed by atoms with E-state index in [1.165, 1.54) is 18.2 Å². The molecule has 1 aliphatic rings. The zero-order valence-corrected chi connectivity index (χ0v) is 12.9. The van der Waals surface area contributed by atoms with Gasteiger partial charge in [-0.25, -0.2) is 4.39 Å². The summed E-state index contributed by atoms with van der Waals surface area (Å²) < 4.78 is 18.9. The summed E-state index contributed by atoms with van der Waals surface area (Å²) in [5, 5.41) is 0.393. The first kappa shape index (κ1) is 15.1. The highest BCUT2D eigenvalue weighted by atomic mass is 35.5. The predicted octanol–water partition coefficient (Wildman–Crippen LogP) is 3.06. The van der Waals surface area contributed by atoms with E-state index in [-0.39, 0.29) is 11.6 Å². The van der Waals surface area contributed by atoms with Gasteiger partial charge in [-0.2, -0.15) is 0 Å². The standard InChI is InChI=1S/C16H16ClFN2O2/c1-10-9-22-5-4-20(10)12-7-15(19-16(21)8-12)13-6-11(18)2-3-14(13)17/h2-3,6-8,10H,4-5,9H2,1H3,(H,19,21)/t10-/m1/s1. The number of nitrogens with zero attached hydrogens (tertiary/aromatic N) is 1. The smallest absolute Gasteiger partial charge is 0.250 e. The van der Waals surface area contributed by atoms with E-state index in [4.69, 9.17) is 16.3 Å². The highest BCUT2D eigenvalue weighted by molar-refractivity contribution is 6.33. The second kappa shape index (κ2) is 6.10. The van der Waals surface area contributed by atoms with Gasteiger partial charge in [-0.05, 0) is 31.2 Å². The molecule has 0 unspecified atom stereocenters. The van der Waals surface area contributed by atoms with Crippen LogP contribution in [0.2, 0.25) is 5.02 Å². The molecule has 0 radical (unpaired) electrons. The molecule has 0 aliphatic carbocycles. The molecule has 1 saturated heterocycles. The summed E-state index contributed by atoms with van der Waals surface area (Å²) in [4.78, 5) is 16.8. The Morgan fingerprint density at radius 2 is 2.18 bits per heavy atom. The Morgan fingerprint density at radius 3 is 2.95 bits per heavy atom. The number of ether oxygens (including phenoxy) is 1. The van der Waals surface area contributed by atoms with Gasteiger partial charge in [0.05, 0.1) is 23.9 Å². The first-order valence-corrected chi connectivity index (χ1v) is 7.46. The van der Waals surface area contributed by atoms with Crippen LogP contribution >= 0.6 is 11.6 Å². The maximum Gasteiger partial charge on any atom is 0.250 e. The van der Waals surface area contributed by atoms with Gasteiger partial charge in [-0.1, -0.05) is 11.6 Å². The molecule has 1 aliphatic heterocycles. The highest BCUT2D eigenvalue weighted by Crippen LogP contribution is 2.29. The number of H-pyrrole nitrogens is 1. The van der Waals surface area contributed by atoms with Gasteiger partial charge in [0, 0.05) is 29.9 Å². The van der Waals surface area contributed by atoms with Gasteiger partial charge >= 0.3 is 0 Å². The molecule has 2 aromatic rings. The molecule has 0 bridgehead atoms. The van der Waals surface area contributed by atoms with Crippen molar-refractivity contribution < 1.29 is 9.13 Å². The monoisotopic (exact) mass is 322 g/mol. The van der Waals surface area contributed by atoms with Gasteiger partial charge in [-0.15, -0.1) is 0 Å². The predicted molar refractivity (Wildman–Crippen MR) is 85.1 cm³/mol. The Bertz CT molecular complexity index is 747. The van der Waals surface area contributed by atoms with Crippen molar-refractivity contribution in [3.8, 4) is 11.3 Å². The highest BCUT2D eigenvalue weighted by Gasteiger charge is 2.20. The Balaban J connectivity index is 2.06. The van der Waals surface area contributed by atoms with Gasteiger partial charge in [0.1, 0.15) is 5.82 Å². The number of hydrogen-bond donors (Lipinski definition) is 1. The molecule has 4 nitrogen and oxygen atoms in total. The van der Waals surface area contributed by atoms with Crippen LogP contribution in [0.15, 0.2) is 35.1 Å². The minimum Gasteiger partial charge on any atom is -0.377 e. The molecule has 2 heterocycles. The summed E-state index contributed by atoms with van der Waals surface area (Å²) in [6.45, 7) is 3.98. The summed E-state index contributed by atoms with van der Waals surface area (Å²) in [6.07, 6.45) is 0. The van der Waals surface area contributed by atoms with Crippen LogP contribution in [-0.2, 0) is 4.74 Å². The third kappa shape index (κ3) is 3.00. The van der Waals surface area contributed by atoms with Crippen molar-refractivity contribution in [2.24, 2.45) is 0 Å². The molecule has 3 rings (SSSR count). The van der Waals surface area contributed by atoms with Crippen LogP contribution < -0.4 is 10.5 Å². The summed E-state index contributed by atoms with van der Waals surface area (Å²) in [5.74, 6) is -0.398. The van der Waals surface area contributed by atoms with Crippen LogP contribution in [0, 0.1) is 5.82 Å². The Labute approximate surface area is 132 Å². The number of benzene rings is 1. The van der Waals surface area contributed by atoms with Crippen molar-refractivity contribution in [3.63, 3.8) is 0 Å². The third-order valence-corrected chi connectivity index (χ3v) is 4.08. The topological polar surface area (TPSA) is 45.3 Å². The number of hydrogen-bond acceptors (Lipinski definition) is 3. The molecule has 6 heteroatoms. The first-order valence-electron chi connectivity index (χ1n) is 7.09. The lowest BCUT2D eigenvalue weighted by atomic mass is 10.1. The molecule has 0 spiro atoms. The maximum absolute atomic E-state index is 13.5. The molecular formula is C16H16ClFN2O2. The number of nitrogens with one attached hydrogen (secondary N) is 1. The van der Waals surface area contributed by atoms with E-state index in [9.17, 15) is 9.18 Å². The number of halogens is 2. The van der Waals surface area contributed by atoms with E-state index in [2.05, 4.69) is 9.88 Å². The first-order chi connectivity index (χ1) is 10.5. The molecule has 1 aromatic carbocycles. The fourth-order valence-corrected chi connectivity index (χ4v) is 2.87. The van der Waals surface area contributed by atoms with Crippen molar-refractivity contribution in [1.29, 1.82) is 0 Å². The fourth-order valence-electron chi connectivity index (χ4n) is 2.65. The lowest BCUT2D eigenvalue weighted by Gasteiger charge is -2.35. The lowest BCUT2D eigenvalue weighted by Crippen LogP contribution is -2.44. The van der Waals surface area contributed by atoms with E-state index in [1.54, 1.807) is 6.07 Å². The molecule has 1 aromatic heterocycles. The molecule has 0 saturated carbocycles. The van der Waals surface area contributed by atoms with E-state index in [1.807, 2.05) is 13.0 Å². The van der Waals surface area contributed by atoms with Gasteiger partial charge < -0.3 is 14.6 Å². The van der Waals surface area contributed by atoms with Crippen molar-refractivity contribution >= 4 is 17.3 Å². The minimum atomic E-state index is -0.398. The maximum atomic E-state index is 13.5. The van der Waals surface area contributed by atoms with Crippen molar-refractivity contribution in [3.05, 3.63) is 51.5 Å². The van der Waals surface area contributed by atoms with Crippen LogP contribution in [-0.4, -0.2) is 30.8 Å². The number of morpholine rings is 1. The van der Waals surface area contributed by atoms with Gasteiger partial charge in [0.15, 0.2) is 0 Å². The molecular weight excluding hydrogens is 307 g/mol. The molecule has 116 valence electrons. The number of aromatic amines is 1. The molecule has 1 fully saturated rings. The minimum absolute atomic E-state index is 0.173. The number of pyridine rings is 1. The largest absolute Gasteiger partial charge is 0.377 e. The van der Waals surface area contributed by atoms with Crippen LogP contribution in [0.25, 0.3) is 11.3 Å². The van der Waals surface area contributed by atoms with Crippen molar-refractivity contribution in [2.75, 3.05) is 24.7 Å². The molecule has 1 N–H and O–H groups in total. The Hall–Kier alpha value is -1.85. The fraction of sp³-hybridized carbons (Fsp3) is 0.312. The molecule has 1 atom stereocenters. The lowest BCUT2D eigenvalue weighted by molar-refractivity contribution is 0.0989. The van der Waals surface area contributed by atoms with Crippen LogP contribution in [0.1, 0.15) is 6.92 Å². The number of aromatic nitrogens is 1.